The second kappa shape index (κ2) is 5.32. The van der Waals surface area contributed by atoms with Gasteiger partial charge in [0, 0.05) is 16.2 Å². The number of rotatable bonds is 3. The second-order valence-electron chi connectivity index (χ2n) is 3.90. The van der Waals surface area contributed by atoms with Crippen LogP contribution in [0.5, 0.6) is 0 Å². The maximum absolute atomic E-state index is 4.46. The highest BCUT2D eigenvalue weighted by Crippen LogP contribution is 2.23. The Morgan fingerprint density at radius 3 is 2.35 bits per heavy atom. The number of thioether (sulfide) groups is 1. The molecule has 0 radical (unpaired) electrons. The van der Waals surface area contributed by atoms with Gasteiger partial charge >= 0.3 is 0 Å². The molecule has 1 aromatic carbocycles. The molecule has 2 aromatic rings. The summed E-state index contributed by atoms with van der Waals surface area (Å²) >= 11 is 1.85. The molecule has 1 aromatic heterocycles. The number of aromatic nitrogens is 2. The predicted molar refractivity (Wildman–Crippen MR) is 73.3 cm³/mol. The van der Waals surface area contributed by atoms with Crippen molar-refractivity contribution in [1.29, 1.82) is 0 Å². The fraction of sp³-hybridized carbons (Fsp3) is 0.286. The van der Waals surface area contributed by atoms with E-state index in [4.69, 9.17) is 0 Å². The molecule has 0 saturated heterocycles. The zero-order chi connectivity index (χ0) is 12.3. The number of benzene rings is 1. The Morgan fingerprint density at radius 1 is 1.06 bits per heavy atom. The summed E-state index contributed by atoms with van der Waals surface area (Å²) in [5.41, 5.74) is 3.17. The number of nitrogens with zero attached hydrogens (tertiary/aromatic N) is 2. The van der Waals surface area contributed by atoms with Gasteiger partial charge in [0.2, 0.25) is 0 Å². The summed E-state index contributed by atoms with van der Waals surface area (Å²) < 4.78 is 0. The number of hydrogen-bond donors (Lipinski definition) is 0. The van der Waals surface area contributed by atoms with Gasteiger partial charge in [0.1, 0.15) is 5.82 Å². The van der Waals surface area contributed by atoms with E-state index < -0.39 is 0 Å². The highest BCUT2D eigenvalue weighted by molar-refractivity contribution is 7.99. The van der Waals surface area contributed by atoms with Gasteiger partial charge in [0.25, 0.3) is 0 Å². The Balaban J connectivity index is 2.32. The van der Waals surface area contributed by atoms with E-state index in [2.05, 4.69) is 41.2 Å². The summed E-state index contributed by atoms with van der Waals surface area (Å²) in [4.78, 5) is 10.1. The van der Waals surface area contributed by atoms with Crippen molar-refractivity contribution in [3.05, 3.63) is 41.9 Å². The maximum Gasteiger partial charge on any atom is 0.126 e. The third kappa shape index (κ3) is 3.07. The minimum atomic E-state index is 0.826. The summed E-state index contributed by atoms with van der Waals surface area (Å²) in [5, 5.41) is 0. The van der Waals surface area contributed by atoms with Crippen molar-refractivity contribution in [3.63, 3.8) is 0 Å². The summed E-state index contributed by atoms with van der Waals surface area (Å²) in [7, 11) is 0. The zero-order valence-electron chi connectivity index (χ0n) is 10.4. The molecule has 0 spiro atoms. The second-order valence-corrected chi connectivity index (χ2v) is 5.24. The van der Waals surface area contributed by atoms with Crippen molar-refractivity contribution in [2.75, 3.05) is 5.75 Å². The third-order valence-electron chi connectivity index (χ3n) is 2.43. The zero-order valence-corrected chi connectivity index (χ0v) is 11.2. The standard InChI is InChI=1S/C14H16N2S/c1-4-17-13-7-5-12(6-8-13)14-9-10(2)15-11(3)16-14/h5-9H,4H2,1-3H3. The Morgan fingerprint density at radius 2 is 1.76 bits per heavy atom. The lowest BCUT2D eigenvalue weighted by Crippen LogP contribution is -1.93. The van der Waals surface area contributed by atoms with Gasteiger partial charge in [-0.2, -0.15) is 0 Å². The van der Waals surface area contributed by atoms with E-state index in [1.54, 1.807) is 0 Å². The molecule has 2 rings (SSSR count). The molecule has 2 nitrogen and oxygen atoms in total. The van der Waals surface area contributed by atoms with E-state index >= 15 is 0 Å². The minimum Gasteiger partial charge on any atom is -0.239 e. The van der Waals surface area contributed by atoms with Crippen LogP contribution in [0.2, 0.25) is 0 Å². The van der Waals surface area contributed by atoms with Crippen LogP contribution in [0.4, 0.5) is 0 Å². The van der Waals surface area contributed by atoms with Crippen LogP contribution in [0.25, 0.3) is 11.3 Å². The van der Waals surface area contributed by atoms with E-state index in [-0.39, 0.29) is 0 Å². The van der Waals surface area contributed by atoms with Gasteiger partial charge in [0.15, 0.2) is 0 Å². The average Bonchev–Trinajstić information content (AvgIpc) is 2.29. The molecule has 0 bridgehead atoms. The number of hydrogen-bond acceptors (Lipinski definition) is 3. The van der Waals surface area contributed by atoms with E-state index in [0.29, 0.717) is 0 Å². The Bertz CT molecular complexity index is 486. The van der Waals surface area contributed by atoms with Crippen LogP contribution in [0, 0.1) is 13.8 Å². The first-order valence-corrected chi connectivity index (χ1v) is 6.73. The Hall–Kier alpha value is -1.35. The average molecular weight is 244 g/mol. The van der Waals surface area contributed by atoms with Gasteiger partial charge in [-0.15, -0.1) is 11.8 Å². The molecule has 3 heteroatoms. The highest BCUT2D eigenvalue weighted by atomic mass is 32.2. The molecule has 0 amide bonds. The molecule has 0 fully saturated rings. The molecule has 0 N–H and O–H groups in total. The van der Waals surface area contributed by atoms with Crippen molar-refractivity contribution >= 4 is 11.8 Å². The summed E-state index contributed by atoms with van der Waals surface area (Å²) in [6.07, 6.45) is 0. The lowest BCUT2D eigenvalue weighted by Gasteiger charge is -2.05. The van der Waals surface area contributed by atoms with Crippen molar-refractivity contribution in [1.82, 2.24) is 9.97 Å². The summed E-state index contributed by atoms with van der Waals surface area (Å²) in [5.74, 6) is 1.93. The normalized spacial score (nSPS) is 10.5. The molecule has 0 aliphatic heterocycles. The molecule has 1 heterocycles. The van der Waals surface area contributed by atoms with Gasteiger partial charge in [-0.3, -0.25) is 0 Å². The highest BCUT2D eigenvalue weighted by Gasteiger charge is 2.02. The maximum atomic E-state index is 4.46. The van der Waals surface area contributed by atoms with Gasteiger partial charge in [-0.05, 0) is 37.8 Å². The first-order chi connectivity index (χ1) is 8.19. The van der Waals surface area contributed by atoms with Gasteiger partial charge in [-0.1, -0.05) is 19.1 Å². The van der Waals surface area contributed by atoms with Crippen LogP contribution in [0.1, 0.15) is 18.4 Å². The van der Waals surface area contributed by atoms with Crippen molar-refractivity contribution in [2.45, 2.75) is 25.7 Å². The van der Waals surface area contributed by atoms with Crippen LogP contribution >= 0.6 is 11.8 Å². The predicted octanol–water partition coefficient (Wildman–Crippen LogP) is 3.87. The SMILES string of the molecule is CCSc1ccc(-c2cc(C)nc(C)n2)cc1. The lowest BCUT2D eigenvalue weighted by molar-refractivity contribution is 1.02. The molecule has 0 unspecified atom stereocenters. The van der Waals surface area contributed by atoms with Crippen LogP contribution in [0.3, 0.4) is 0 Å². The minimum absolute atomic E-state index is 0.826. The topological polar surface area (TPSA) is 25.8 Å². The molecule has 0 saturated carbocycles. The molecule has 0 atom stereocenters. The first-order valence-electron chi connectivity index (χ1n) is 5.74. The van der Waals surface area contributed by atoms with Crippen molar-refractivity contribution in [3.8, 4) is 11.3 Å². The molecule has 88 valence electrons. The fourth-order valence-corrected chi connectivity index (χ4v) is 2.42. The molecule has 17 heavy (non-hydrogen) atoms. The van der Waals surface area contributed by atoms with Crippen molar-refractivity contribution in [2.24, 2.45) is 0 Å². The van der Waals surface area contributed by atoms with Gasteiger partial charge in [0.05, 0.1) is 5.69 Å². The van der Waals surface area contributed by atoms with E-state index in [0.717, 1.165) is 28.5 Å². The van der Waals surface area contributed by atoms with E-state index in [1.165, 1.54) is 4.90 Å². The smallest absolute Gasteiger partial charge is 0.126 e. The first kappa shape index (κ1) is 12.1. The molecule has 0 aliphatic rings. The summed E-state index contributed by atoms with van der Waals surface area (Å²) in [6, 6.07) is 10.6. The third-order valence-corrected chi connectivity index (χ3v) is 3.32. The molecular formula is C14H16N2S. The van der Waals surface area contributed by atoms with Crippen LogP contribution in [0.15, 0.2) is 35.2 Å². The monoisotopic (exact) mass is 244 g/mol. The quantitative estimate of drug-likeness (QED) is 0.766. The van der Waals surface area contributed by atoms with Crippen LogP contribution in [-0.2, 0) is 0 Å². The summed E-state index contributed by atoms with van der Waals surface area (Å²) in [6.45, 7) is 6.09. The van der Waals surface area contributed by atoms with E-state index in [9.17, 15) is 0 Å². The van der Waals surface area contributed by atoms with Crippen LogP contribution < -0.4 is 0 Å². The molecular weight excluding hydrogens is 228 g/mol. The Labute approximate surface area is 107 Å². The number of aryl methyl sites for hydroxylation is 2. The van der Waals surface area contributed by atoms with Crippen molar-refractivity contribution < 1.29 is 0 Å². The Kier molecular flexibility index (Phi) is 3.79. The largest absolute Gasteiger partial charge is 0.239 e. The molecule has 0 aliphatic carbocycles. The van der Waals surface area contributed by atoms with Crippen LogP contribution in [-0.4, -0.2) is 15.7 Å². The fourth-order valence-electron chi connectivity index (χ4n) is 1.75. The lowest BCUT2D eigenvalue weighted by atomic mass is 10.1. The van der Waals surface area contributed by atoms with Gasteiger partial charge in [-0.25, -0.2) is 9.97 Å². The van der Waals surface area contributed by atoms with E-state index in [1.807, 2.05) is 31.7 Å². The van der Waals surface area contributed by atoms with Gasteiger partial charge < -0.3 is 0 Å².